The molecular weight excluding hydrogens is 393 g/mol. The van der Waals surface area contributed by atoms with Gasteiger partial charge >= 0.3 is 58.2 Å². The first kappa shape index (κ1) is 20.3. The van der Waals surface area contributed by atoms with Crippen LogP contribution in [0.2, 0.25) is 7.25 Å². The molecular formula is C10H20BiO4. The number of hydrogen-bond donors (Lipinski definition) is 0. The Morgan fingerprint density at radius 2 is 1.00 bits per heavy atom. The van der Waals surface area contributed by atoms with Crippen molar-refractivity contribution in [2.45, 2.75) is 48.8 Å². The number of hydrogen-bond acceptors (Lipinski definition) is 4. The fraction of sp³-hybridized carbons (Fsp3) is 0.800. The zero-order valence-corrected chi connectivity index (χ0v) is 13.7. The molecule has 1 radical (unpaired) electrons. The van der Waals surface area contributed by atoms with Gasteiger partial charge in [-0.15, -0.1) is 0 Å². The van der Waals surface area contributed by atoms with Crippen molar-refractivity contribution < 1.29 is 19.8 Å². The van der Waals surface area contributed by atoms with Crippen LogP contribution in [0.5, 0.6) is 0 Å². The number of aliphatic carboxylic acids is 2. The van der Waals surface area contributed by atoms with Crippen molar-refractivity contribution >= 4 is 35.2 Å². The van der Waals surface area contributed by atoms with Gasteiger partial charge in [-0.1, -0.05) is 0 Å². The first-order valence-corrected chi connectivity index (χ1v) is 8.66. The number of rotatable bonds is 2. The molecule has 0 aromatic carbocycles. The molecule has 0 saturated heterocycles. The van der Waals surface area contributed by atoms with Crippen molar-refractivity contribution in [3.8, 4) is 0 Å². The molecule has 0 N–H and O–H groups in total. The summed E-state index contributed by atoms with van der Waals surface area (Å²) < 4.78 is 2.11. The first-order chi connectivity index (χ1) is 6.59. The molecule has 0 rings (SSSR count). The van der Waals surface area contributed by atoms with Crippen LogP contribution < -0.4 is 10.2 Å². The third-order valence-corrected chi connectivity index (χ3v) is 5.23. The molecule has 89 valence electrons. The monoisotopic (exact) mass is 413 g/mol. The van der Waals surface area contributed by atoms with Crippen LogP contribution in [0.3, 0.4) is 0 Å². The topological polar surface area (TPSA) is 80.3 Å². The Kier molecular flexibility index (Phi) is 18.7. The molecule has 0 atom stereocenters. The first-order valence-electron chi connectivity index (χ1n) is 4.64. The molecule has 15 heavy (non-hydrogen) atoms. The fourth-order valence-corrected chi connectivity index (χ4v) is 5.23. The SMILES string of the molecule is CC(=O)[O-].CC(=O)[O-].C[CH](C)[Bi+2][CH](C)C. The fourth-order valence-electron chi connectivity index (χ4n) is 0.596. The second-order valence-electron chi connectivity index (χ2n) is 3.32. The number of carboxylic acid groups (broad SMARTS) is 2. The van der Waals surface area contributed by atoms with Crippen LogP contribution in [0, 0.1) is 0 Å². The van der Waals surface area contributed by atoms with Crippen LogP contribution in [0.25, 0.3) is 0 Å². The molecule has 0 aromatic heterocycles. The van der Waals surface area contributed by atoms with Gasteiger partial charge in [0, 0.05) is 11.9 Å². The van der Waals surface area contributed by atoms with Crippen LogP contribution in [0.15, 0.2) is 0 Å². The molecule has 0 fully saturated rings. The van der Waals surface area contributed by atoms with E-state index in [1.165, 1.54) is 0 Å². The van der Waals surface area contributed by atoms with Gasteiger partial charge in [-0.25, -0.2) is 0 Å². The molecule has 0 spiro atoms. The molecule has 4 nitrogen and oxygen atoms in total. The number of carbonyl (C=O) groups is 2. The normalized spacial score (nSPS) is 8.27. The van der Waals surface area contributed by atoms with Gasteiger partial charge in [0.1, 0.15) is 0 Å². The van der Waals surface area contributed by atoms with E-state index in [9.17, 15) is 0 Å². The molecule has 0 aliphatic heterocycles. The molecule has 5 heteroatoms. The standard InChI is InChI=1S/2C3H7.2C2H4O2.Bi/c2*1-3-2;2*1-2(3)4;/h2*3H,1-2H3;2*1H3,(H,3,4);/q;;;;+2/p-2. The van der Waals surface area contributed by atoms with Gasteiger partial charge in [0.2, 0.25) is 0 Å². The molecule has 0 unspecified atom stereocenters. The summed E-state index contributed by atoms with van der Waals surface area (Å²) in [5, 5.41) is 17.8. The zero-order valence-electron chi connectivity index (χ0n) is 10.2. The average Bonchev–Trinajstić information content (AvgIpc) is 1.78. The van der Waals surface area contributed by atoms with E-state index in [1.807, 2.05) is 0 Å². The summed E-state index contributed by atoms with van der Waals surface area (Å²) in [6.07, 6.45) is 0. The molecule has 0 aliphatic rings. The minimum atomic E-state index is -1.08. The summed E-state index contributed by atoms with van der Waals surface area (Å²) in [4.78, 5) is 17.8. The molecule has 0 aromatic rings. The van der Waals surface area contributed by atoms with Gasteiger partial charge in [0.05, 0.1) is 0 Å². The molecule has 0 saturated carbocycles. The Morgan fingerprint density at radius 1 is 0.867 bits per heavy atom. The average molecular weight is 413 g/mol. The van der Waals surface area contributed by atoms with Crippen LogP contribution >= 0.6 is 0 Å². The van der Waals surface area contributed by atoms with Gasteiger partial charge in [0.25, 0.3) is 0 Å². The van der Waals surface area contributed by atoms with Crippen molar-refractivity contribution in [3.63, 3.8) is 0 Å². The molecule has 0 aliphatic carbocycles. The summed E-state index contributed by atoms with van der Waals surface area (Å²) in [5.74, 6) is -2.17. The van der Waals surface area contributed by atoms with Gasteiger partial charge in [0.15, 0.2) is 0 Å². The van der Waals surface area contributed by atoms with Gasteiger partial charge < -0.3 is 19.8 Å². The van der Waals surface area contributed by atoms with Crippen molar-refractivity contribution in [2.75, 3.05) is 0 Å². The molecule has 0 heterocycles. The van der Waals surface area contributed by atoms with Crippen molar-refractivity contribution in [2.24, 2.45) is 0 Å². The van der Waals surface area contributed by atoms with E-state index in [1.54, 1.807) is 0 Å². The van der Waals surface area contributed by atoms with Crippen molar-refractivity contribution in [1.82, 2.24) is 0 Å². The minimum absolute atomic E-state index is 0.0432. The summed E-state index contributed by atoms with van der Waals surface area (Å²) in [6, 6.07) is 0. The molecule has 0 amide bonds. The third kappa shape index (κ3) is 132. The van der Waals surface area contributed by atoms with E-state index < -0.39 is 11.9 Å². The zero-order chi connectivity index (χ0) is 13.0. The number of carboxylic acids is 2. The maximum atomic E-state index is 8.89. The Bertz CT molecular complexity index is 141. The predicted octanol–water partition coefficient (Wildman–Crippen LogP) is -0.140. The van der Waals surface area contributed by atoms with E-state index in [0.29, 0.717) is 0 Å². The predicted molar refractivity (Wildman–Crippen MR) is 57.3 cm³/mol. The van der Waals surface area contributed by atoms with Crippen LogP contribution in [0.1, 0.15) is 41.5 Å². The van der Waals surface area contributed by atoms with Crippen molar-refractivity contribution in [1.29, 1.82) is 0 Å². The van der Waals surface area contributed by atoms with Gasteiger partial charge in [-0.2, -0.15) is 0 Å². The maximum absolute atomic E-state index is 8.89. The van der Waals surface area contributed by atoms with Crippen LogP contribution in [-0.4, -0.2) is 35.2 Å². The summed E-state index contributed by atoms with van der Waals surface area (Å²) in [6.45, 7) is 11.3. The Hall–Kier alpha value is -0.177. The van der Waals surface area contributed by atoms with E-state index in [-0.39, 0.29) is 23.2 Å². The second kappa shape index (κ2) is 13.8. The quantitative estimate of drug-likeness (QED) is 0.591. The molecule has 0 bridgehead atoms. The van der Waals surface area contributed by atoms with E-state index >= 15 is 0 Å². The van der Waals surface area contributed by atoms with Crippen LogP contribution in [-0.2, 0) is 9.59 Å². The Balaban J connectivity index is -0.000000155. The van der Waals surface area contributed by atoms with Gasteiger partial charge in [-0.3, -0.25) is 0 Å². The van der Waals surface area contributed by atoms with Gasteiger partial charge in [-0.05, 0) is 13.8 Å². The second-order valence-corrected chi connectivity index (χ2v) is 12.5. The van der Waals surface area contributed by atoms with Crippen molar-refractivity contribution in [3.05, 3.63) is 0 Å². The number of carbonyl (C=O) groups excluding carboxylic acids is 2. The van der Waals surface area contributed by atoms with Crippen LogP contribution in [0.4, 0.5) is 0 Å². The van der Waals surface area contributed by atoms with E-state index in [2.05, 4.69) is 27.7 Å². The summed E-state index contributed by atoms with van der Waals surface area (Å²) >= 11 is -0.0432. The summed E-state index contributed by atoms with van der Waals surface area (Å²) in [5.41, 5.74) is 0. The van der Waals surface area contributed by atoms with E-state index in [0.717, 1.165) is 21.1 Å². The van der Waals surface area contributed by atoms with E-state index in [4.69, 9.17) is 19.8 Å². The summed E-state index contributed by atoms with van der Waals surface area (Å²) in [7, 11) is 0. The Labute approximate surface area is 104 Å². The Morgan fingerprint density at radius 3 is 1.00 bits per heavy atom. The third-order valence-electron chi connectivity index (χ3n) is 0.596.